The maximum absolute atomic E-state index is 12.2. The molecule has 1 aromatic carbocycles. The molecular weight excluding hydrogens is 336 g/mol. The average Bonchev–Trinajstić information content (AvgIpc) is 3.19. The molecule has 5 nitrogen and oxygen atoms in total. The molecule has 6 heteroatoms. The lowest BCUT2D eigenvalue weighted by molar-refractivity contribution is 0.1000. The number of carbonyl (C=O) groups is 1. The van der Waals surface area contributed by atoms with Gasteiger partial charge < -0.3 is 15.3 Å². The van der Waals surface area contributed by atoms with Gasteiger partial charge in [0.15, 0.2) is 0 Å². The van der Waals surface area contributed by atoms with Crippen molar-refractivity contribution >= 4 is 17.5 Å². The molecule has 0 atom stereocenters. The van der Waals surface area contributed by atoms with E-state index >= 15 is 0 Å². The lowest BCUT2D eigenvalue weighted by Crippen LogP contribution is -2.14. The van der Waals surface area contributed by atoms with Crippen LogP contribution in [0.5, 0.6) is 0 Å². The van der Waals surface area contributed by atoms with Gasteiger partial charge in [-0.1, -0.05) is 36.7 Å². The predicted octanol–water partition coefficient (Wildman–Crippen LogP) is 3.74. The van der Waals surface area contributed by atoms with Crippen molar-refractivity contribution in [3.8, 4) is 11.1 Å². The number of aromatic nitrogens is 3. The van der Waals surface area contributed by atoms with Crippen LogP contribution in [-0.4, -0.2) is 20.4 Å². The van der Waals surface area contributed by atoms with Gasteiger partial charge in [-0.2, -0.15) is 0 Å². The zero-order valence-electron chi connectivity index (χ0n) is 14.3. The third kappa shape index (κ3) is 3.20. The van der Waals surface area contributed by atoms with E-state index in [9.17, 15) is 4.79 Å². The molecule has 0 fully saturated rings. The summed E-state index contributed by atoms with van der Waals surface area (Å²) in [5, 5.41) is 0.616. The molecule has 3 aromatic rings. The lowest BCUT2D eigenvalue weighted by Gasteiger charge is -2.12. The Hall–Kier alpha value is -2.53. The van der Waals surface area contributed by atoms with Gasteiger partial charge in [0.25, 0.3) is 5.91 Å². The second-order valence-corrected chi connectivity index (χ2v) is 6.37. The van der Waals surface area contributed by atoms with Crippen molar-refractivity contribution in [2.45, 2.75) is 33.2 Å². The first-order valence-corrected chi connectivity index (χ1v) is 8.66. The number of nitrogens with two attached hydrogens (primary N) is 1. The van der Waals surface area contributed by atoms with Gasteiger partial charge in [-0.05, 0) is 19.4 Å². The van der Waals surface area contributed by atoms with Gasteiger partial charge in [0.1, 0.15) is 0 Å². The number of carbonyl (C=O) groups excluding carboxylic acids is 1. The van der Waals surface area contributed by atoms with E-state index in [-0.39, 0.29) is 0 Å². The Bertz CT molecular complexity index is 897. The second kappa shape index (κ2) is 7.15. The number of aryl methyl sites for hydroxylation is 1. The molecule has 0 spiro atoms. The molecule has 0 aliphatic carbocycles. The van der Waals surface area contributed by atoms with E-state index in [1.165, 1.54) is 0 Å². The minimum absolute atomic E-state index is 0.428. The first-order valence-electron chi connectivity index (χ1n) is 8.28. The van der Waals surface area contributed by atoms with Gasteiger partial charge in [0, 0.05) is 52.4 Å². The molecule has 2 heterocycles. The molecule has 1 amide bonds. The number of nitrogens with one attached hydrogen (secondary N) is 1. The van der Waals surface area contributed by atoms with Crippen molar-refractivity contribution in [3.63, 3.8) is 0 Å². The number of hydrogen-bond acceptors (Lipinski definition) is 2. The fourth-order valence-electron chi connectivity index (χ4n) is 3.38. The molecule has 3 N–H and O–H groups in total. The maximum atomic E-state index is 12.2. The minimum atomic E-state index is -0.428. The SMILES string of the molecule is CCc1c(-c2ccccc2Cl)c(C(N)=O)c(C)n1CCc1cnc[nH]1. The molecule has 25 heavy (non-hydrogen) atoms. The lowest BCUT2D eigenvalue weighted by atomic mass is 9.99. The van der Waals surface area contributed by atoms with Crippen molar-refractivity contribution in [3.05, 3.63) is 64.5 Å². The molecule has 0 unspecified atom stereocenters. The largest absolute Gasteiger partial charge is 0.366 e. The molecular formula is C19H21ClN4O. The van der Waals surface area contributed by atoms with Crippen LogP contribution in [-0.2, 0) is 19.4 Å². The molecule has 0 radical (unpaired) electrons. The van der Waals surface area contributed by atoms with Gasteiger partial charge in [-0.15, -0.1) is 0 Å². The normalized spacial score (nSPS) is 11.0. The summed E-state index contributed by atoms with van der Waals surface area (Å²) >= 11 is 6.41. The highest BCUT2D eigenvalue weighted by atomic mass is 35.5. The van der Waals surface area contributed by atoms with Crippen molar-refractivity contribution in [1.82, 2.24) is 14.5 Å². The predicted molar refractivity (Wildman–Crippen MR) is 99.8 cm³/mol. The van der Waals surface area contributed by atoms with Crippen LogP contribution in [0.4, 0.5) is 0 Å². The summed E-state index contributed by atoms with van der Waals surface area (Å²) in [6.07, 6.45) is 5.05. The molecule has 0 aliphatic heterocycles. The summed E-state index contributed by atoms with van der Waals surface area (Å²) in [6.45, 7) is 4.75. The van der Waals surface area contributed by atoms with Crippen molar-refractivity contribution in [2.75, 3.05) is 0 Å². The summed E-state index contributed by atoms with van der Waals surface area (Å²) in [5.74, 6) is -0.428. The topological polar surface area (TPSA) is 76.7 Å². The highest BCUT2D eigenvalue weighted by Crippen LogP contribution is 2.37. The number of hydrogen-bond donors (Lipinski definition) is 2. The molecule has 2 aromatic heterocycles. The number of H-pyrrole nitrogens is 1. The van der Waals surface area contributed by atoms with E-state index in [1.54, 1.807) is 6.33 Å². The zero-order chi connectivity index (χ0) is 18.0. The number of amides is 1. The van der Waals surface area contributed by atoms with E-state index in [2.05, 4.69) is 21.5 Å². The van der Waals surface area contributed by atoms with E-state index in [0.717, 1.165) is 47.6 Å². The quantitative estimate of drug-likeness (QED) is 0.705. The molecule has 0 aliphatic rings. The summed E-state index contributed by atoms with van der Waals surface area (Å²) in [4.78, 5) is 19.4. The Morgan fingerprint density at radius 3 is 2.72 bits per heavy atom. The number of rotatable bonds is 6. The third-order valence-corrected chi connectivity index (χ3v) is 4.84. The van der Waals surface area contributed by atoms with Gasteiger partial charge in [-0.25, -0.2) is 4.98 Å². The summed E-state index contributed by atoms with van der Waals surface area (Å²) in [6, 6.07) is 7.56. The van der Waals surface area contributed by atoms with Crippen LogP contribution in [0.3, 0.4) is 0 Å². The summed E-state index contributed by atoms with van der Waals surface area (Å²) < 4.78 is 2.17. The van der Waals surface area contributed by atoms with Gasteiger partial charge in [0.05, 0.1) is 11.9 Å². The van der Waals surface area contributed by atoms with Crippen LogP contribution in [0, 0.1) is 6.92 Å². The fourth-order valence-corrected chi connectivity index (χ4v) is 3.61. The fraction of sp³-hybridized carbons (Fsp3) is 0.263. The van der Waals surface area contributed by atoms with E-state index in [4.69, 9.17) is 17.3 Å². The average molecular weight is 357 g/mol. The maximum Gasteiger partial charge on any atom is 0.251 e. The monoisotopic (exact) mass is 356 g/mol. The van der Waals surface area contributed by atoms with Gasteiger partial charge in [0.2, 0.25) is 0 Å². The highest BCUT2D eigenvalue weighted by Gasteiger charge is 2.24. The standard InChI is InChI=1S/C19H21ClN4O/c1-3-16-18(14-6-4-5-7-15(14)20)17(19(21)25)12(2)24(16)9-8-13-10-22-11-23-13/h4-7,10-11H,3,8-9H2,1-2H3,(H2,21,25)(H,22,23). The van der Waals surface area contributed by atoms with Crippen molar-refractivity contribution < 1.29 is 4.79 Å². The number of imidazole rings is 1. The van der Waals surface area contributed by atoms with Gasteiger partial charge in [-0.3, -0.25) is 4.79 Å². The second-order valence-electron chi connectivity index (χ2n) is 5.96. The van der Waals surface area contributed by atoms with Gasteiger partial charge >= 0.3 is 0 Å². The zero-order valence-corrected chi connectivity index (χ0v) is 15.1. The van der Waals surface area contributed by atoms with Crippen LogP contribution >= 0.6 is 11.6 Å². The van der Waals surface area contributed by atoms with Crippen molar-refractivity contribution in [2.24, 2.45) is 5.73 Å². The molecule has 130 valence electrons. The Morgan fingerprint density at radius 2 is 2.12 bits per heavy atom. The number of halogens is 1. The third-order valence-electron chi connectivity index (χ3n) is 4.52. The van der Waals surface area contributed by atoms with Crippen LogP contribution in [0.25, 0.3) is 11.1 Å². The molecule has 3 rings (SSSR count). The highest BCUT2D eigenvalue weighted by molar-refractivity contribution is 6.33. The number of nitrogens with zero attached hydrogens (tertiary/aromatic N) is 2. The first-order chi connectivity index (χ1) is 12.0. The van der Waals surface area contributed by atoms with Crippen LogP contribution < -0.4 is 5.73 Å². The van der Waals surface area contributed by atoms with Crippen molar-refractivity contribution in [1.29, 1.82) is 0 Å². The Morgan fingerprint density at radius 1 is 1.36 bits per heavy atom. The van der Waals surface area contributed by atoms with E-state index in [1.807, 2.05) is 37.4 Å². The number of aromatic amines is 1. The summed E-state index contributed by atoms with van der Waals surface area (Å²) in [7, 11) is 0. The van der Waals surface area contributed by atoms with E-state index in [0.29, 0.717) is 10.6 Å². The number of primary amides is 1. The molecule has 0 saturated heterocycles. The minimum Gasteiger partial charge on any atom is -0.366 e. The first kappa shape index (κ1) is 17.3. The number of benzene rings is 1. The Balaban J connectivity index is 2.15. The van der Waals surface area contributed by atoms with Crippen LogP contribution in [0.15, 0.2) is 36.8 Å². The van der Waals surface area contributed by atoms with E-state index < -0.39 is 5.91 Å². The van der Waals surface area contributed by atoms with Crippen LogP contribution in [0.1, 0.15) is 34.4 Å². The summed E-state index contributed by atoms with van der Waals surface area (Å²) in [5.41, 5.74) is 11.0. The smallest absolute Gasteiger partial charge is 0.251 e. The Labute approximate surface area is 151 Å². The molecule has 0 saturated carbocycles. The van der Waals surface area contributed by atoms with Crippen LogP contribution in [0.2, 0.25) is 5.02 Å². The Kier molecular flexibility index (Phi) is 4.95. The molecule has 0 bridgehead atoms.